The van der Waals surface area contributed by atoms with Gasteiger partial charge in [0.05, 0.1) is 7.11 Å². The van der Waals surface area contributed by atoms with Gasteiger partial charge >= 0.3 is 0 Å². The average molecular weight is 400 g/mol. The summed E-state index contributed by atoms with van der Waals surface area (Å²) in [6.07, 6.45) is 0.367. The fourth-order valence-corrected chi connectivity index (χ4v) is 2.23. The van der Waals surface area contributed by atoms with Crippen molar-refractivity contribution in [3.05, 3.63) is 59.7 Å². The second-order valence-electron chi connectivity index (χ2n) is 5.57. The fourth-order valence-electron chi connectivity index (χ4n) is 2.09. The molecule has 0 unspecified atom stereocenters. The molecule has 0 aliphatic rings. The Morgan fingerprint density at radius 2 is 1.46 bits per heavy atom. The molecule has 8 nitrogen and oxygen atoms in total. The van der Waals surface area contributed by atoms with Gasteiger partial charge in [-0.05, 0) is 60.7 Å². The second kappa shape index (κ2) is 10.0. The number of methoxy groups -OCH3 is 1. The van der Waals surface area contributed by atoms with Crippen LogP contribution in [0.2, 0.25) is 0 Å². The largest absolute Gasteiger partial charge is 0.497 e. The number of benzene rings is 2. The summed E-state index contributed by atoms with van der Waals surface area (Å²) in [4.78, 5) is 35.6. The lowest BCUT2D eigenvalue weighted by molar-refractivity contribution is -0.115. The first-order valence-electron chi connectivity index (χ1n) is 8.38. The van der Waals surface area contributed by atoms with Crippen molar-refractivity contribution in [1.82, 2.24) is 16.2 Å². The molecule has 0 aliphatic carbocycles. The van der Waals surface area contributed by atoms with E-state index in [1.165, 1.54) is 7.11 Å². The lowest BCUT2D eigenvalue weighted by Crippen LogP contribution is -2.48. The van der Waals surface area contributed by atoms with Crippen molar-refractivity contribution >= 4 is 40.7 Å². The molecule has 0 spiro atoms. The quantitative estimate of drug-likeness (QED) is 0.452. The van der Waals surface area contributed by atoms with Crippen molar-refractivity contribution in [2.45, 2.75) is 13.3 Å². The number of nitrogens with one attached hydrogen (secondary N) is 4. The van der Waals surface area contributed by atoms with Gasteiger partial charge in [-0.25, -0.2) is 0 Å². The minimum atomic E-state index is -0.450. The van der Waals surface area contributed by atoms with Crippen molar-refractivity contribution in [3.63, 3.8) is 0 Å². The van der Waals surface area contributed by atoms with Crippen LogP contribution >= 0.6 is 12.2 Å². The number of hydrogen-bond acceptors (Lipinski definition) is 5. The molecule has 0 atom stereocenters. The maximum atomic E-state index is 12.1. The summed E-state index contributed by atoms with van der Waals surface area (Å²) >= 11 is 5.00. The van der Waals surface area contributed by atoms with Crippen LogP contribution in [0.3, 0.4) is 0 Å². The van der Waals surface area contributed by atoms with Crippen LogP contribution in [0.5, 0.6) is 5.75 Å². The van der Waals surface area contributed by atoms with Gasteiger partial charge in [0.2, 0.25) is 5.91 Å². The van der Waals surface area contributed by atoms with E-state index in [0.29, 0.717) is 29.0 Å². The highest BCUT2D eigenvalue weighted by Crippen LogP contribution is 2.11. The summed E-state index contributed by atoms with van der Waals surface area (Å²) in [6.45, 7) is 1.75. The van der Waals surface area contributed by atoms with E-state index >= 15 is 0 Å². The van der Waals surface area contributed by atoms with Crippen LogP contribution in [-0.2, 0) is 4.79 Å². The lowest BCUT2D eigenvalue weighted by Gasteiger charge is -2.11. The number of carbonyl (C=O) groups is 3. The monoisotopic (exact) mass is 400 g/mol. The Bertz CT molecular complexity index is 867. The first-order valence-corrected chi connectivity index (χ1v) is 8.79. The summed E-state index contributed by atoms with van der Waals surface area (Å²) < 4.78 is 5.03. The van der Waals surface area contributed by atoms with E-state index in [2.05, 4.69) is 21.5 Å². The van der Waals surface area contributed by atoms with E-state index in [1.54, 1.807) is 55.5 Å². The number of anilines is 1. The summed E-state index contributed by atoms with van der Waals surface area (Å²) in [6, 6.07) is 12.8. The predicted octanol–water partition coefficient (Wildman–Crippen LogP) is 1.99. The third kappa shape index (κ3) is 6.06. The number of hydrogen-bond donors (Lipinski definition) is 4. The molecule has 0 radical (unpaired) electrons. The summed E-state index contributed by atoms with van der Waals surface area (Å²) in [5.74, 6) is -0.360. The maximum absolute atomic E-state index is 12.1. The molecule has 0 aliphatic heterocycles. The first kappa shape index (κ1) is 20.8. The van der Waals surface area contributed by atoms with E-state index in [-0.39, 0.29) is 11.0 Å². The van der Waals surface area contributed by atoms with Crippen LogP contribution < -0.4 is 26.2 Å². The van der Waals surface area contributed by atoms with E-state index in [0.717, 1.165) is 0 Å². The highest BCUT2D eigenvalue weighted by atomic mass is 32.1. The minimum Gasteiger partial charge on any atom is -0.497 e. The molecule has 2 aromatic rings. The molecule has 2 rings (SSSR count). The summed E-state index contributed by atoms with van der Waals surface area (Å²) in [7, 11) is 1.53. The van der Waals surface area contributed by atoms with Gasteiger partial charge in [0, 0.05) is 23.2 Å². The van der Waals surface area contributed by atoms with Crippen LogP contribution in [-0.4, -0.2) is 29.9 Å². The molecule has 0 fully saturated rings. The van der Waals surface area contributed by atoms with Crippen LogP contribution in [0.25, 0.3) is 0 Å². The van der Waals surface area contributed by atoms with Crippen molar-refractivity contribution in [1.29, 1.82) is 0 Å². The van der Waals surface area contributed by atoms with Gasteiger partial charge in [-0.3, -0.25) is 30.6 Å². The number of amides is 3. The number of carbonyl (C=O) groups excluding carboxylic acids is 3. The smallest absolute Gasteiger partial charge is 0.269 e. The molecule has 4 N–H and O–H groups in total. The van der Waals surface area contributed by atoms with Gasteiger partial charge < -0.3 is 10.1 Å². The Kier molecular flexibility index (Phi) is 7.46. The Labute approximate surface area is 167 Å². The Morgan fingerprint density at radius 1 is 0.893 bits per heavy atom. The molecular weight excluding hydrogens is 380 g/mol. The Hall–Kier alpha value is -3.46. The summed E-state index contributed by atoms with van der Waals surface area (Å²) in [5, 5.41) is 5.09. The SMILES string of the molecule is CCC(=O)Nc1ccc(C(=O)NNC(=S)NC(=O)c2ccc(OC)cc2)cc1. The van der Waals surface area contributed by atoms with Crippen molar-refractivity contribution in [2.24, 2.45) is 0 Å². The molecule has 2 aromatic carbocycles. The van der Waals surface area contributed by atoms with E-state index in [4.69, 9.17) is 17.0 Å². The Balaban J connectivity index is 1.83. The second-order valence-corrected chi connectivity index (χ2v) is 5.98. The van der Waals surface area contributed by atoms with Crippen LogP contribution in [0.15, 0.2) is 48.5 Å². The molecule has 146 valence electrons. The van der Waals surface area contributed by atoms with E-state index < -0.39 is 11.8 Å². The van der Waals surface area contributed by atoms with Gasteiger partial charge in [-0.2, -0.15) is 0 Å². The predicted molar refractivity (Wildman–Crippen MR) is 109 cm³/mol. The highest BCUT2D eigenvalue weighted by molar-refractivity contribution is 7.80. The van der Waals surface area contributed by atoms with Crippen LogP contribution in [0.4, 0.5) is 5.69 Å². The molecule has 0 bridgehead atoms. The normalized spacial score (nSPS) is 9.79. The highest BCUT2D eigenvalue weighted by Gasteiger charge is 2.10. The third-order valence-corrected chi connectivity index (χ3v) is 3.82. The standard InChI is InChI=1S/C19H20N4O4S/c1-3-16(24)20-14-8-4-13(5-9-14)18(26)22-23-19(28)21-17(25)12-6-10-15(27-2)11-7-12/h4-11H,3H2,1-2H3,(H,20,24)(H,22,26)(H2,21,23,25,28). The zero-order valence-electron chi connectivity index (χ0n) is 15.4. The van der Waals surface area contributed by atoms with Gasteiger partial charge in [0.25, 0.3) is 11.8 Å². The van der Waals surface area contributed by atoms with Crippen molar-refractivity contribution in [3.8, 4) is 5.75 Å². The third-order valence-electron chi connectivity index (χ3n) is 3.62. The fraction of sp³-hybridized carbons (Fsp3) is 0.158. The number of ether oxygens (including phenoxy) is 1. The molecule has 3 amide bonds. The van der Waals surface area contributed by atoms with Gasteiger partial charge in [0.15, 0.2) is 5.11 Å². The molecule has 28 heavy (non-hydrogen) atoms. The molecular formula is C19H20N4O4S. The first-order chi connectivity index (χ1) is 13.4. The van der Waals surface area contributed by atoms with Crippen LogP contribution in [0.1, 0.15) is 34.1 Å². The van der Waals surface area contributed by atoms with Crippen molar-refractivity contribution in [2.75, 3.05) is 12.4 Å². The minimum absolute atomic E-state index is 0.0546. The van der Waals surface area contributed by atoms with E-state index in [9.17, 15) is 14.4 Å². The molecule has 0 heterocycles. The van der Waals surface area contributed by atoms with Crippen LogP contribution in [0, 0.1) is 0 Å². The molecule has 0 saturated heterocycles. The summed E-state index contributed by atoms with van der Waals surface area (Å²) in [5.41, 5.74) is 6.20. The van der Waals surface area contributed by atoms with E-state index in [1.807, 2.05) is 0 Å². The average Bonchev–Trinajstić information content (AvgIpc) is 2.72. The lowest BCUT2D eigenvalue weighted by atomic mass is 10.2. The maximum Gasteiger partial charge on any atom is 0.269 e. The van der Waals surface area contributed by atoms with Crippen molar-refractivity contribution < 1.29 is 19.1 Å². The van der Waals surface area contributed by atoms with Gasteiger partial charge in [-0.1, -0.05) is 6.92 Å². The topological polar surface area (TPSA) is 109 Å². The zero-order valence-corrected chi connectivity index (χ0v) is 16.2. The zero-order chi connectivity index (χ0) is 20.5. The molecule has 9 heteroatoms. The Morgan fingerprint density at radius 3 is 2.04 bits per heavy atom. The number of hydrazine groups is 1. The number of rotatable bonds is 5. The number of thiocarbonyl (C=S) groups is 1. The van der Waals surface area contributed by atoms with Gasteiger partial charge in [-0.15, -0.1) is 0 Å². The molecule has 0 saturated carbocycles. The van der Waals surface area contributed by atoms with Gasteiger partial charge in [0.1, 0.15) is 5.75 Å². The molecule has 0 aromatic heterocycles.